The number of hydrogen-bond donors (Lipinski definition) is 2. The van der Waals surface area contributed by atoms with Crippen molar-refractivity contribution in [3.8, 4) is 11.5 Å². The molecule has 180 valence electrons. The Morgan fingerprint density at radius 1 is 1.09 bits per heavy atom. The molecule has 2 aromatic carbocycles. The highest BCUT2D eigenvalue weighted by molar-refractivity contribution is 6.10. The molecule has 0 aliphatic heterocycles. The third kappa shape index (κ3) is 6.15. The standard InChI is InChI=1S/C26H33N5O3/c1-6-31-19(4)22(18(3)30-31)16-17-27-26(28-23-10-8-9-11-24(23)34-7-2)29-25(32)20-12-14-21(33-5)15-13-20/h8-15H,6-7,16-17H2,1-5H3,(H2,27,28,29,32). The average molecular weight is 464 g/mol. The van der Waals surface area contributed by atoms with Crippen molar-refractivity contribution in [2.24, 2.45) is 4.99 Å². The average Bonchev–Trinajstić information content (AvgIpc) is 3.13. The van der Waals surface area contributed by atoms with Crippen molar-refractivity contribution in [3.05, 3.63) is 71.0 Å². The molecule has 0 fully saturated rings. The fraction of sp³-hybridized carbons (Fsp3) is 0.346. The van der Waals surface area contributed by atoms with Gasteiger partial charge in [0.15, 0.2) is 0 Å². The van der Waals surface area contributed by atoms with Gasteiger partial charge in [-0.15, -0.1) is 0 Å². The molecule has 1 heterocycles. The minimum Gasteiger partial charge on any atom is -0.497 e. The van der Waals surface area contributed by atoms with Gasteiger partial charge in [0.05, 0.1) is 25.1 Å². The van der Waals surface area contributed by atoms with E-state index in [0.29, 0.717) is 42.6 Å². The lowest BCUT2D eigenvalue weighted by Crippen LogP contribution is -2.36. The lowest BCUT2D eigenvalue weighted by molar-refractivity contribution is 0.0977. The van der Waals surface area contributed by atoms with Gasteiger partial charge in [-0.3, -0.25) is 19.8 Å². The van der Waals surface area contributed by atoms with E-state index in [2.05, 4.69) is 34.6 Å². The van der Waals surface area contributed by atoms with Gasteiger partial charge >= 0.3 is 0 Å². The number of para-hydroxylation sites is 2. The predicted molar refractivity (Wildman–Crippen MR) is 135 cm³/mol. The smallest absolute Gasteiger partial charge is 0.257 e. The Hall–Kier alpha value is -3.81. The summed E-state index contributed by atoms with van der Waals surface area (Å²) in [5.74, 6) is 1.46. The summed E-state index contributed by atoms with van der Waals surface area (Å²) in [7, 11) is 1.59. The fourth-order valence-corrected chi connectivity index (χ4v) is 3.69. The molecule has 0 aliphatic rings. The molecule has 0 spiro atoms. The summed E-state index contributed by atoms with van der Waals surface area (Å²) in [6, 6.07) is 14.5. The molecule has 3 aromatic rings. The quantitative estimate of drug-likeness (QED) is 0.363. The third-order valence-corrected chi connectivity index (χ3v) is 5.49. The third-order valence-electron chi connectivity index (χ3n) is 5.49. The Kier molecular flexibility index (Phi) is 8.67. The van der Waals surface area contributed by atoms with E-state index in [0.717, 1.165) is 23.6 Å². The second-order valence-corrected chi connectivity index (χ2v) is 7.68. The van der Waals surface area contributed by atoms with Gasteiger partial charge in [0.2, 0.25) is 5.96 Å². The molecule has 2 N–H and O–H groups in total. The molecule has 8 nitrogen and oxygen atoms in total. The van der Waals surface area contributed by atoms with Gasteiger partial charge in [-0.1, -0.05) is 12.1 Å². The minimum atomic E-state index is -0.269. The number of ether oxygens (including phenoxy) is 2. The number of rotatable bonds is 9. The summed E-state index contributed by atoms with van der Waals surface area (Å²) in [5.41, 5.74) is 4.57. The molecule has 34 heavy (non-hydrogen) atoms. The number of aryl methyl sites for hydroxylation is 2. The molecule has 0 unspecified atom stereocenters. The van der Waals surface area contributed by atoms with E-state index in [1.54, 1.807) is 31.4 Å². The number of anilines is 1. The van der Waals surface area contributed by atoms with Gasteiger partial charge < -0.3 is 14.8 Å². The van der Waals surface area contributed by atoms with Gasteiger partial charge in [-0.25, -0.2) is 0 Å². The molecule has 0 saturated carbocycles. The molecular formula is C26H33N5O3. The maximum Gasteiger partial charge on any atom is 0.257 e. The van der Waals surface area contributed by atoms with E-state index >= 15 is 0 Å². The number of hydrogen-bond acceptors (Lipinski definition) is 5. The van der Waals surface area contributed by atoms with Crippen LogP contribution < -0.4 is 20.1 Å². The zero-order chi connectivity index (χ0) is 24.5. The van der Waals surface area contributed by atoms with Crippen molar-refractivity contribution in [2.45, 2.75) is 40.7 Å². The Bertz CT molecular complexity index is 1140. The van der Waals surface area contributed by atoms with Crippen molar-refractivity contribution < 1.29 is 14.3 Å². The Morgan fingerprint density at radius 2 is 1.82 bits per heavy atom. The molecule has 0 atom stereocenters. The largest absolute Gasteiger partial charge is 0.497 e. The summed E-state index contributed by atoms with van der Waals surface area (Å²) in [4.78, 5) is 17.6. The maximum absolute atomic E-state index is 12.9. The normalized spacial score (nSPS) is 11.3. The molecule has 0 radical (unpaired) electrons. The Labute approximate surface area is 201 Å². The van der Waals surface area contributed by atoms with Crippen LogP contribution in [0.2, 0.25) is 0 Å². The van der Waals surface area contributed by atoms with Crippen molar-refractivity contribution in [1.82, 2.24) is 15.1 Å². The van der Waals surface area contributed by atoms with Crippen LogP contribution in [-0.4, -0.2) is 41.9 Å². The number of benzene rings is 2. The molecule has 0 saturated heterocycles. The van der Waals surface area contributed by atoms with Crippen LogP contribution in [0.15, 0.2) is 53.5 Å². The highest BCUT2D eigenvalue weighted by Crippen LogP contribution is 2.23. The number of aliphatic imine (C=N–C) groups is 1. The van der Waals surface area contributed by atoms with Crippen LogP contribution >= 0.6 is 0 Å². The fourth-order valence-electron chi connectivity index (χ4n) is 3.69. The molecule has 3 rings (SSSR count). The lowest BCUT2D eigenvalue weighted by Gasteiger charge is -2.15. The summed E-state index contributed by atoms with van der Waals surface area (Å²) >= 11 is 0. The zero-order valence-corrected chi connectivity index (χ0v) is 20.5. The van der Waals surface area contributed by atoms with Crippen molar-refractivity contribution in [2.75, 3.05) is 25.6 Å². The van der Waals surface area contributed by atoms with E-state index in [4.69, 9.17) is 9.47 Å². The summed E-state index contributed by atoms with van der Waals surface area (Å²) in [5, 5.41) is 10.7. The lowest BCUT2D eigenvalue weighted by atomic mass is 10.1. The first kappa shape index (κ1) is 24.8. The second-order valence-electron chi connectivity index (χ2n) is 7.68. The number of nitrogens with one attached hydrogen (secondary N) is 2. The van der Waals surface area contributed by atoms with E-state index in [9.17, 15) is 4.79 Å². The first-order chi connectivity index (χ1) is 16.5. The van der Waals surface area contributed by atoms with Gasteiger partial charge in [0.1, 0.15) is 11.5 Å². The molecule has 1 amide bonds. The minimum absolute atomic E-state index is 0.269. The number of methoxy groups -OCH3 is 1. The Balaban J connectivity index is 1.82. The van der Waals surface area contributed by atoms with Crippen LogP contribution in [0.5, 0.6) is 11.5 Å². The molecule has 0 aliphatic carbocycles. The SMILES string of the molecule is CCOc1ccccc1NC(=NCCc1c(C)nn(CC)c1C)NC(=O)c1ccc(OC)cc1. The Morgan fingerprint density at radius 3 is 2.47 bits per heavy atom. The number of aromatic nitrogens is 2. The van der Waals surface area contributed by atoms with Crippen LogP contribution in [0.4, 0.5) is 5.69 Å². The van der Waals surface area contributed by atoms with Crippen LogP contribution in [0.25, 0.3) is 0 Å². The van der Waals surface area contributed by atoms with Crippen molar-refractivity contribution in [1.29, 1.82) is 0 Å². The van der Waals surface area contributed by atoms with E-state index in [1.807, 2.05) is 42.8 Å². The van der Waals surface area contributed by atoms with Gasteiger partial charge in [-0.2, -0.15) is 5.10 Å². The van der Waals surface area contributed by atoms with E-state index in [1.165, 1.54) is 5.56 Å². The van der Waals surface area contributed by atoms with Crippen molar-refractivity contribution in [3.63, 3.8) is 0 Å². The molecular weight excluding hydrogens is 430 g/mol. The number of guanidine groups is 1. The summed E-state index contributed by atoms with van der Waals surface area (Å²) in [6.07, 6.45) is 0.717. The zero-order valence-electron chi connectivity index (χ0n) is 20.5. The van der Waals surface area contributed by atoms with Crippen LogP contribution in [0, 0.1) is 13.8 Å². The van der Waals surface area contributed by atoms with E-state index < -0.39 is 0 Å². The highest BCUT2D eigenvalue weighted by atomic mass is 16.5. The van der Waals surface area contributed by atoms with Gasteiger partial charge in [0, 0.05) is 24.3 Å². The van der Waals surface area contributed by atoms with Crippen LogP contribution in [0.1, 0.15) is 41.2 Å². The first-order valence-corrected chi connectivity index (χ1v) is 11.5. The first-order valence-electron chi connectivity index (χ1n) is 11.5. The topological polar surface area (TPSA) is 89.8 Å². The molecule has 8 heteroatoms. The summed E-state index contributed by atoms with van der Waals surface area (Å²) in [6.45, 7) is 9.94. The highest BCUT2D eigenvalue weighted by Gasteiger charge is 2.13. The van der Waals surface area contributed by atoms with Crippen molar-refractivity contribution >= 4 is 17.6 Å². The van der Waals surface area contributed by atoms with E-state index in [-0.39, 0.29) is 5.91 Å². The maximum atomic E-state index is 12.9. The van der Waals surface area contributed by atoms with Crippen LogP contribution in [-0.2, 0) is 13.0 Å². The monoisotopic (exact) mass is 463 g/mol. The molecule has 0 bridgehead atoms. The predicted octanol–water partition coefficient (Wildman–Crippen LogP) is 4.37. The number of nitrogens with zero attached hydrogens (tertiary/aromatic N) is 3. The van der Waals surface area contributed by atoms with Gasteiger partial charge in [0.25, 0.3) is 5.91 Å². The number of carbonyl (C=O) groups excluding carboxylic acids is 1. The second kappa shape index (κ2) is 11.9. The molecule has 1 aromatic heterocycles. The van der Waals surface area contributed by atoms with Gasteiger partial charge in [-0.05, 0) is 76.1 Å². The summed E-state index contributed by atoms with van der Waals surface area (Å²) < 4.78 is 12.9. The number of amides is 1. The van der Waals surface area contributed by atoms with Crippen LogP contribution in [0.3, 0.4) is 0 Å². The number of carbonyl (C=O) groups is 1.